The van der Waals surface area contributed by atoms with Gasteiger partial charge in [0.1, 0.15) is 5.41 Å². The second-order valence-electron chi connectivity index (χ2n) is 6.93. The van der Waals surface area contributed by atoms with Crippen LogP contribution in [0.4, 0.5) is 5.69 Å². The van der Waals surface area contributed by atoms with Gasteiger partial charge in [0, 0.05) is 11.3 Å². The number of thioether (sulfide) groups is 1. The number of β-lactam (4-membered cyclic amide) rings is 2. The van der Waals surface area contributed by atoms with Crippen LogP contribution < -0.4 is 4.90 Å². The van der Waals surface area contributed by atoms with Crippen LogP contribution in [0.5, 0.6) is 0 Å². The number of amides is 2. The third-order valence-corrected chi connectivity index (χ3v) is 6.31. The molecule has 0 bridgehead atoms. The Hall–Kier alpha value is -2.93. The summed E-state index contributed by atoms with van der Waals surface area (Å²) < 4.78 is 5.70. The Kier molecular flexibility index (Phi) is 5.24. The molecule has 2 amide bonds. The van der Waals surface area contributed by atoms with Crippen LogP contribution in [0.1, 0.15) is 32.3 Å². The average molecular weight is 407 g/mol. The minimum atomic E-state index is -0.830. The van der Waals surface area contributed by atoms with Crippen LogP contribution in [0.15, 0.2) is 64.2 Å². The van der Waals surface area contributed by atoms with Gasteiger partial charge < -0.3 is 4.42 Å². The number of carbonyl (C=O) groups excluding carboxylic acids is 2. The van der Waals surface area contributed by atoms with Gasteiger partial charge in [-0.25, -0.2) is 4.90 Å². The zero-order chi connectivity index (χ0) is 20.4. The van der Waals surface area contributed by atoms with Crippen molar-refractivity contribution in [3.8, 4) is 11.5 Å². The highest BCUT2D eigenvalue weighted by molar-refractivity contribution is 7.98. The van der Waals surface area contributed by atoms with Crippen LogP contribution >= 0.6 is 11.8 Å². The number of carbonyl (C=O) groups is 2. The van der Waals surface area contributed by atoms with Crippen molar-refractivity contribution in [3.05, 3.63) is 60.2 Å². The molecule has 0 aliphatic carbocycles. The van der Waals surface area contributed by atoms with Gasteiger partial charge in [0.05, 0.1) is 5.69 Å². The second-order valence-corrected chi connectivity index (χ2v) is 7.86. The topological polar surface area (TPSA) is 76.3 Å². The maximum Gasteiger partial charge on any atom is 0.277 e. The maximum atomic E-state index is 12.5. The van der Waals surface area contributed by atoms with E-state index < -0.39 is 5.41 Å². The summed E-state index contributed by atoms with van der Waals surface area (Å²) in [7, 11) is 0. The molecule has 3 aromatic rings. The quantitative estimate of drug-likeness (QED) is 0.321. The van der Waals surface area contributed by atoms with Gasteiger partial charge >= 0.3 is 0 Å². The Morgan fingerprint density at radius 3 is 2.21 bits per heavy atom. The van der Waals surface area contributed by atoms with Gasteiger partial charge in [-0.15, -0.1) is 10.2 Å². The number of aromatic nitrogens is 2. The van der Waals surface area contributed by atoms with E-state index in [2.05, 4.69) is 10.2 Å². The number of hydrogen-bond donors (Lipinski definition) is 0. The molecule has 0 atom stereocenters. The smallest absolute Gasteiger partial charge is 0.277 e. The molecule has 0 unspecified atom stereocenters. The van der Waals surface area contributed by atoms with E-state index in [0.717, 1.165) is 11.1 Å². The van der Waals surface area contributed by atoms with Gasteiger partial charge in [0.15, 0.2) is 0 Å². The minimum absolute atomic E-state index is 0.103. The van der Waals surface area contributed by atoms with Crippen molar-refractivity contribution in [1.29, 1.82) is 0 Å². The predicted molar refractivity (Wildman–Crippen MR) is 111 cm³/mol. The number of anilines is 1. The van der Waals surface area contributed by atoms with Crippen molar-refractivity contribution in [2.75, 3.05) is 4.90 Å². The highest BCUT2D eigenvalue weighted by Crippen LogP contribution is 2.42. The molecule has 4 rings (SSSR count). The van der Waals surface area contributed by atoms with E-state index in [-0.39, 0.29) is 11.8 Å². The SMILES string of the molecule is CCC1(CC)C(=O)N(c2ccc(CSc3nnc(-c4ccccc4)o3)cc2)C1=O. The van der Waals surface area contributed by atoms with Crippen LogP contribution in [0.2, 0.25) is 0 Å². The molecule has 29 heavy (non-hydrogen) atoms. The Morgan fingerprint density at radius 2 is 1.59 bits per heavy atom. The first-order chi connectivity index (χ1) is 14.1. The van der Waals surface area contributed by atoms with Crippen LogP contribution in [0, 0.1) is 5.41 Å². The lowest BCUT2D eigenvalue weighted by Crippen LogP contribution is -2.66. The predicted octanol–water partition coefficient (Wildman–Crippen LogP) is 4.71. The highest BCUT2D eigenvalue weighted by atomic mass is 32.2. The molecule has 1 aliphatic heterocycles. The molecule has 0 saturated carbocycles. The summed E-state index contributed by atoms with van der Waals surface area (Å²) in [6.07, 6.45) is 1.09. The molecule has 148 valence electrons. The van der Waals surface area contributed by atoms with Crippen molar-refractivity contribution < 1.29 is 14.0 Å². The first kappa shape index (κ1) is 19.4. The van der Waals surface area contributed by atoms with E-state index in [4.69, 9.17) is 4.42 Å². The van der Waals surface area contributed by atoms with Gasteiger partial charge in [0.2, 0.25) is 17.7 Å². The molecule has 1 saturated heterocycles. The lowest BCUT2D eigenvalue weighted by molar-refractivity contribution is -0.153. The van der Waals surface area contributed by atoms with Gasteiger partial charge in [-0.1, -0.05) is 55.9 Å². The van der Waals surface area contributed by atoms with Crippen LogP contribution in [0.25, 0.3) is 11.5 Å². The summed E-state index contributed by atoms with van der Waals surface area (Å²) in [6.45, 7) is 3.77. The summed E-state index contributed by atoms with van der Waals surface area (Å²) in [5, 5.41) is 8.66. The van der Waals surface area contributed by atoms with Crippen molar-refractivity contribution in [2.45, 2.75) is 37.7 Å². The number of imide groups is 1. The zero-order valence-electron chi connectivity index (χ0n) is 16.3. The number of benzene rings is 2. The van der Waals surface area contributed by atoms with Gasteiger partial charge in [-0.2, -0.15) is 0 Å². The lowest BCUT2D eigenvalue weighted by atomic mass is 9.73. The molecule has 0 radical (unpaired) electrons. The van der Waals surface area contributed by atoms with Crippen molar-refractivity contribution >= 4 is 29.3 Å². The van der Waals surface area contributed by atoms with E-state index in [9.17, 15) is 9.59 Å². The first-order valence-electron chi connectivity index (χ1n) is 9.58. The van der Waals surface area contributed by atoms with Gasteiger partial charge in [-0.05, 0) is 42.7 Å². The molecular formula is C22H21N3O3S. The number of nitrogens with zero attached hydrogens (tertiary/aromatic N) is 3. The van der Waals surface area contributed by atoms with Crippen molar-refractivity contribution in [1.82, 2.24) is 10.2 Å². The summed E-state index contributed by atoms with van der Waals surface area (Å²) in [6, 6.07) is 17.1. The standard InChI is InChI=1S/C22H21N3O3S/c1-3-22(4-2)19(26)25(20(22)27)17-12-10-15(11-13-17)14-29-21-24-23-18(28-21)16-8-6-5-7-9-16/h5-13H,3-4,14H2,1-2H3. The molecule has 1 aliphatic rings. The highest BCUT2D eigenvalue weighted by Gasteiger charge is 2.58. The van der Waals surface area contributed by atoms with E-state index in [1.165, 1.54) is 16.7 Å². The third-order valence-electron chi connectivity index (χ3n) is 5.42. The largest absolute Gasteiger partial charge is 0.411 e. The third kappa shape index (κ3) is 3.35. The van der Waals surface area contributed by atoms with Gasteiger partial charge in [0.25, 0.3) is 5.22 Å². The molecule has 1 fully saturated rings. The van der Waals surface area contributed by atoms with E-state index in [0.29, 0.717) is 35.4 Å². The molecule has 2 heterocycles. The van der Waals surface area contributed by atoms with Crippen LogP contribution in [0.3, 0.4) is 0 Å². The van der Waals surface area contributed by atoms with Crippen molar-refractivity contribution in [3.63, 3.8) is 0 Å². The Bertz CT molecular complexity index is 1010. The monoisotopic (exact) mass is 407 g/mol. The minimum Gasteiger partial charge on any atom is -0.411 e. The molecule has 7 heteroatoms. The molecule has 6 nitrogen and oxygen atoms in total. The zero-order valence-corrected chi connectivity index (χ0v) is 17.1. The summed E-state index contributed by atoms with van der Waals surface area (Å²) >= 11 is 1.44. The Balaban J connectivity index is 1.39. The fourth-order valence-corrected chi connectivity index (χ4v) is 4.22. The molecule has 0 N–H and O–H groups in total. The number of hydrogen-bond acceptors (Lipinski definition) is 6. The van der Waals surface area contributed by atoms with E-state index in [1.807, 2.05) is 68.4 Å². The summed E-state index contributed by atoms with van der Waals surface area (Å²) in [5.41, 5.74) is 1.71. The Labute approximate surface area is 173 Å². The average Bonchev–Trinajstić information content (AvgIpc) is 3.24. The molecule has 0 spiro atoms. The normalized spacial score (nSPS) is 15.4. The van der Waals surface area contributed by atoms with E-state index in [1.54, 1.807) is 0 Å². The molecule has 1 aromatic heterocycles. The maximum absolute atomic E-state index is 12.5. The van der Waals surface area contributed by atoms with Crippen molar-refractivity contribution in [2.24, 2.45) is 5.41 Å². The summed E-state index contributed by atoms with van der Waals surface area (Å²) in [4.78, 5) is 26.4. The van der Waals surface area contributed by atoms with Crippen LogP contribution in [-0.2, 0) is 15.3 Å². The van der Waals surface area contributed by atoms with Gasteiger partial charge in [-0.3, -0.25) is 9.59 Å². The molecule has 2 aromatic carbocycles. The van der Waals surface area contributed by atoms with Crippen LogP contribution in [-0.4, -0.2) is 22.0 Å². The Morgan fingerprint density at radius 1 is 0.931 bits per heavy atom. The fraction of sp³-hybridized carbons (Fsp3) is 0.273. The first-order valence-corrected chi connectivity index (χ1v) is 10.6. The second kappa shape index (κ2) is 7.83. The molecular weight excluding hydrogens is 386 g/mol. The fourth-order valence-electron chi connectivity index (χ4n) is 3.50. The van der Waals surface area contributed by atoms with E-state index >= 15 is 0 Å². The summed E-state index contributed by atoms with van der Waals surface area (Å²) in [5.74, 6) is 0.934. The lowest BCUT2D eigenvalue weighted by Gasteiger charge is -2.45. The number of rotatable bonds is 7.